The summed E-state index contributed by atoms with van der Waals surface area (Å²) in [5, 5.41) is 5.72. The number of piperidine rings is 1. The molecule has 11 nitrogen and oxygen atoms in total. The van der Waals surface area contributed by atoms with Crippen LogP contribution in [0.5, 0.6) is 5.75 Å². The van der Waals surface area contributed by atoms with Crippen molar-refractivity contribution < 1.29 is 27.5 Å². The van der Waals surface area contributed by atoms with Gasteiger partial charge >= 0.3 is 0 Å². The van der Waals surface area contributed by atoms with Gasteiger partial charge in [0.15, 0.2) is 0 Å². The molecule has 2 aromatic heterocycles. The number of carbonyl (C=O) groups excluding carboxylic acids is 2. The number of allylic oxidation sites excluding steroid dienone is 1. The van der Waals surface area contributed by atoms with Crippen LogP contribution in [0.1, 0.15) is 109 Å². The maximum Gasteiger partial charge on any atom is 0.264 e. The summed E-state index contributed by atoms with van der Waals surface area (Å²) in [4.78, 5) is 30.2. The predicted molar refractivity (Wildman–Crippen MR) is 205 cm³/mol. The van der Waals surface area contributed by atoms with Gasteiger partial charge in [-0.25, -0.2) is 13.1 Å². The number of sulfonamides is 1. The molecule has 0 spiro atoms. The van der Waals surface area contributed by atoms with Gasteiger partial charge in [-0.1, -0.05) is 39.2 Å². The summed E-state index contributed by atoms with van der Waals surface area (Å²) in [7, 11) is -0.268. The topological polar surface area (TPSA) is 125 Å². The summed E-state index contributed by atoms with van der Waals surface area (Å²) in [6, 6.07) is 11.8. The highest BCUT2D eigenvalue weighted by Crippen LogP contribution is 2.48. The highest BCUT2D eigenvalue weighted by atomic mass is 32.2. The lowest BCUT2D eigenvalue weighted by atomic mass is 9.81. The number of morpholine rings is 1. The molecule has 3 fully saturated rings. The average Bonchev–Trinajstić information content (AvgIpc) is 3.61. The van der Waals surface area contributed by atoms with E-state index in [9.17, 15) is 18.0 Å². The molecule has 3 aliphatic heterocycles. The molecule has 2 aromatic carbocycles. The molecule has 1 unspecified atom stereocenters. The number of hydrogen-bond donors (Lipinski definition) is 1. The number of hydrogen-bond acceptors (Lipinski definition) is 7. The Morgan fingerprint density at radius 3 is 2.45 bits per heavy atom. The van der Waals surface area contributed by atoms with Gasteiger partial charge in [0.05, 0.1) is 67.9 Å². The first-order valence-corrected chi connectivity index (χ1v) is 20.7. The Kier molecular flexibility index (Phi) is 9.47. The third-order valence-electron chi connectivity index (χ3n) is 11.5. The molecule has 4 aromatic rings. The predicted octanol–water partition coefficient (Wildman–Crippen LogP) is 6.76. The van der Waals surface area contributed by atoms with Crippen LogP contribution < -0.4 is 9.46 Å². The molecular formula is C41H49N5O6S. The second-order valence-corrected chi connectivity index (χ2v) is 17.4. The van der Waals surface area contributed by atoms with E-state index >= 15 is 0 Å². The van der Waals surface area contributed by atoms with E-state index in [1.807, 2.05) is 44.0 Å². The van der Waals surface area contributed by atoms with Gasteiger partial charge in [0.2, 0.25) is 10.0 Å². The summed E-state index contributed by atoms with van der Waals surface area (Å²) in [5.74, 6) is 0.112. The standard InChI is InChI=1S/C41H49N5O6S/c1-25(2)24-53(49,50)43-40(47)27-13-15-34-36(19-27)45-21-29(38-35(20-42-44(38)3)41(48)46-30-11-8-12-31(46)23-52-22-30)17-28-18-32(51-4)14-16-33(28)39(45)37(34)26-9-6-5-7-10-26/h13-20,25-26,30-31H,5-12,21-24H2,1-4H3,(H,43,47)/t30-,31?/m1/s1. The van der Waals surface area contributed by atoms with Gasteiger partial charge in [-0.15, -0.1) is 0 Å². The molecule has 1 aliphatic carbocycles. The number of benzene rings is 2. The lowest BCUT2D eigenvalue weighted by Gasteiger charge is -2.45. The molecule has 2 atom stereocenters. The zero-order valence-electron chi connectivity index (χ0n) is 31.1. The molecule has 1 saturated carbocycles. The van der Waals surface area contributed by atoms with Gasteiger partial charge in [0.1, 0.15) is 5.75 Å². The largest absolute Gasteiger partial charge is 0.497 e. The molecule has 5 heterocycles. The molecular weight excluding hydrogens is 691 g/mol. The van der Waals surface area contributed by atoms with Crippen molar-refractivity contribution in [1.82, 2.24) is 24.0 Å². The van der Waals surface area contributed by atoms with E-state index in [1.165, 1.54) is 12.0 Å². The number of rotatable bonds is 8. The lowest BCUT2D eigenvalue weighted by Crippen LogP contribution is -2.57. The van der Waals surface area contributed by atoms with Crippen molar-refractivity contribution in [1.29, 1.82) is 0 Å². The maximum absolute atomic E-state index is 14.6. The molecule has 8 rings (SSSR count). The lowest BCUT2D eigenvalue weighted by molar-refractivity contribution is -0.0566. The van der Waals surface area contributed by atoms with Crippen molar-refractivity contribution in [2.75, 3.05) is 26.1 Å². The van der Waals surface area contributed by atoms with Crippen LogP contribution in [-0.4, -0.2) is 77.6 Å². The van der Waals surface area contributed by atoms with Gasteiger partial charge in [-0.05, 0) is 97.0 Å². The van der Waals surface area contributed by atoms with Crippen molar-refractivity contribution in [2.45, 2.75) is 89.8 Å². The van der Waals surface area contributed by atoms with E-state index in [-0.39, 0.29) is 35.2 Å². The summed E-state index contributed by atoms with van der Waals surface area (Å²) in [6.45, 7) is 5.12. The monoisotopic (exact) mass is 739 g/mol. The van der Waals surface area contributed by atoms with Crippen LogP contribution in [-0.2, 0) is 28.4 Å². The first kappa shape index (κ1) is 35.6. The molecule has 2 bridgehead atoms. The van der Waals surface area contributed by atoms with E-state index in [1.54, 1.807) is 24.1 Å². The molecule has 53 heavy (non-hydrogen) atoms. The summed E-state index contributed by atoms with van der Waals surface area (Å²) in [6.07, 6.45) is 12.4. The summed E-state index contributed by atoms with van der Waals surface area (Å²) < 4.78 is 43.7. The fraction of sp³-hybridized carbons (Fsp3) is 0.488. The van der Waals surface area contributed by atoms with Crippen molar-refractivity contribution in [2.24, 2.45) is 13.0 Å². The van der Waals surface area contributed by atoms with Crippen LogP contribution in [0, 0.1) is 5.92 Å². The third-order valence-corrected chi connectivity index (χ3v) is 13.1. The Balaban J connectivity index is 1.31. The first-order chi connectivity index (χ1) is 25.5. The number of fused-ring (bicyclic) bond motifs is 7. The van der Waals surface area contributed by atoms with Crippen LogP contribution in [0.3, 0.4) is 0 Å². The smallest absolute Gasteiger partial charge is 0.264 e. The highest BCUT2D eigenvalue weighted by molar-refractivity contribution is 7.90. The minimum Gasteiger partial charge on any atom is -0.497 e. The van der Waals surface area contributed by atoms with Gasteiger partial charge < -0.3 is 18.9 Å². The van der Waals surface area contributed by atoms with Gasteiger partial charge in [0.25, 0.3) is 11.8 Å². The zero-order chi connectivity index (χ0) is 37.0. The Morgan fingerprint density at radius 1 is 0.981 bits per heavy atom. The first-order valence-electron chi connectivity index (χ1n) is 19.1. The fourth-order valence-electron chi connectivity index (χ4n) is 9.29. The van der Waals surface area contributed by atoms with Crippen LogP contribution in [0.4, 0.5) is 0 Å². The summed E-state index contributed by atoms with van der Waals surface area (Å²) >= 11 is 0. The second-order valence-electron chi connectivity index (χ2n) is 15.7. The Morgan fingerprint density at radius 2 is 1.74 bits per heavy atom. The van der Waals surface area contributed by atoms with Crippen molar-refractivity contribution in [3.8, 4) is 17.0 Å². The summed E-state index contributed by atoms with van der Waals surface area (Å²) in [5.41, 5.74) is 7.69. The van der Waals surface area contributed by atoms with Crippen molar-refractivity contribution >= 4 is 44.4 Å². The van der Waals surface area contributed by atoms with E-state index in [0.29, 0.717) is 31.2 Å². The molecule has 2 amide bonds. The zero-order valence-corrected chi connectivity index (χ0v) is 31.9. The third kappa shape index (κ3) is 6.58. The van der Waals surface area contributed by atoms with Crippen molar-refractivity contribution in [3.63, 3.8) is 0 Å². The molecule has 280 valence electrons. The number of carbonyl (C=O) groups is 2. The molecule has 4 aliphatic rings. The van der Waals surface area contributed by atoms with E-state index < -0.39 is 15.9 Å². The number of nitrogens with one attached hydrogen (secondary N) is 1. The van der Waals surface area contributed by atoms with E-state index in [4.69, 9.17) is 9.47 Å². The molecule has 12 heteroatoms. The highest BCUT2D eigenvalue weighted by Gasteiger charge is 2.40. The quantitative estimate of drug-likeness (QED) is 0.212. The number of ether oxygens (including phenoxy) is 2. The number of amides is 2. The van der Waals surface area contributed by atoms with Crippen LogP contribution in [0.25, 0.3) is 33.8 Å². The Bertz CT molecular complexity index is 2210. The SMILES string of the molecule is COc1ccc2c(c1)C=C(c1c(C(=O)N3C4CCC[C@@H]3COC4)cnn1C)Cn1c-2c(C2CCCCC2)c2ccc(C(=O)NS(=O)(=O)CC(C)C)cc21. The van der Waals surface area contributed by atoms with Gasteiger partial charge in [0, 0.05) is 29.1 Å². The Labute approximate surface area is 311 Å². The average molecular weight is 740 g/mol. The Hall–Kier alpha value is -4.42. The second kappa shape index (κ2) is 14.1. The van der Waals surface area contributed by atoms with Gasteiger partial charge in [-0.3, -0.25) is 14.3 Å². The molecule has 2 saturated heterocycles. The van der Waals surface area contributed by atoms with Gasteiger partial charge in [-0.2, -0.15) is 5.10 Å². The fourth-order valence-corrected chi connectivity index (χ4v) is 10.6. The molecule has 1 N–H and O–H groups in total. The number of aryl methyl sites for hydroxylation is 1. The normalized spacial score (nSPS) is 20.5. The van der Waals surface area contributed by atoms with Crippen LogP contribution in [0.2, 0.25) is 0 Å². The van der Waals surface area contributed by atoms with E-state index in [2.05, 4.69) is 32.6 Å². The number of aromatic nitrogens is 3. The minimum absolute atomic E-state index is 0.0239. The van der Waals surface area contributed by atoms with Crippen LogP contribution >= 0.6 is 0 Å². The van der Waals surface area contributed by atoms with Crippen molar-refractivity contribution in [3.05, 3.63) is 70.5 Å². The van der Waals surface area contributed by atoms with E-state index in [0.717, 1.165) is 89.7 Å². The van der Waals surface area contributed by atoms with Crippen LogP contribution in [0.15, 0.2) is 42.6 Å². The maximum atomic E-state index is 14.6. The number of methoxy groups -OCH3 is 1. The molecule has 0 radical (unpaired) electrons. The minimum atomic E-state index is -3.82. The number of nitrogens with zero attached hydrogens (tertiary/aromatic N) is 4.